The summed E-state index contributed by atoms with van der Waals surface area (Å²) in [6.07, 6.45) is 6.11. The van der Waals surface area contributed by atoms with Gasteiger partial charge in [0.2, 0.25) is 0 Å². The molecule has 1 atom stereocenters. The first-order valence-electron chi connectivity index (χ1n) is 6.56. The lowest BCUT2D eigenvalue weighted by Gasteiger charge is -2.11. The van der Waals surface area contributed by atoms with Crippen molar-refractivity contribution >= 4 is 0 Å². The van der Waals surface area contributed by atoms with Crippen molar-refractivity contribution in [1.29, 1.82) is 0 Å². The summed E-state index contributed by atoms with van der Waals surface area (Å²) in [7, 11) is 0. The lowest BCUT2D eigenvalue weighted by Crippen LogP contribution is -2.02. The maximum absolute atomic E-state index is 5.53. The van der Waals surface area contributed by atoms with Crippen molar-refractivity contribution < 1.29 is 0 Å². The summed E-state index contributed by atoms with van der Waals surface area (Å²) in [6.45, 7) is 5.33. The van der Waals surface area contributed by atoms with Crippen LogP contribution in [0.2, 0.25) is 0 Å². The Morgan fingerprint density at radius 1 is 1.12 bits per heavy atom. The SMILES string of the molecule is CCCCc1ccc(C(C)CCCN)cc1. The second-order valence-corrected chi connectivity index (χ2v) is 4.68. The molecule has 90 valence electrons. The summed E-state index contributed by atoms with van der Waals surface area (Å²) >= 11 is 0. The van der Waals surface area contributed by atoms with Gasteiger partial charge in [0.15, 0.2) is 0 Å². The number of benzene rings is 1. The highest BCUT2D eigenvalue weighted by Crippen LogP contribution is 2.21. The lowest BCUT2D eigenvalue weighted by atomic mass is 9.94. The van der Waals surface area contributed by atoms with Gasteiger partial charge >= 0.3 is 0 Å². The van der Waals surface area contributed by atoms with Crippen LogP contribution < -0.4 is 5.73 Å². The molecule has 16 heavy (non-hydrogen) atoms. The molecule has 0 aliphatic heterocycles. The average molecular weight is 219 g/mol. The van der Waals surface area contributed by atoms with E-state index in [4.69, 9.17) is 5.73 Å². The Balaban J connectivity index is 2.49. The van der Waals surface area contributed by atoms with Gasteiger partial charge in [-0.25, -0.2) is 0 Å². The van der Waals surface area contributed by atoms with Gasteiger partial charge in [0, 0.05) is 0 Å². The molecule has 0 aliphatic rings. The van der Waals surface area contributed by atoms with E-state index in [0.29, 0.717) is 5.92 Å². The van der Waals surface area contributed by atoms with Gasteiger partial charge < -0.3 is 5.73 Å². The van der Waals surface area contributed by atoms with Crippen molar-refractivity contribution in [2.45, 2.75) is 51.9 Å². The minimum Gasteiger partial charge on any atom is -0.330 e. The number of unbranched alkanes of at least 4 members (excludes halogenated alkanes) is 1. The Hall–Kier alpha value is -0.820. The zero-order valence-electron chi connectivity index (χ0n) is 10.7. The molecule has 0 radical (unpaired) electrons. The van der Waals surface area contributed by atoms with E-state index >= 15 is 0 Å². The highest BCUT2D eigenvalue weighted by atomic mass is 14.5. The number of hydrogen-bond donors (Lipinski definition) is 1. The van der Waals surface area contributed by atoms with E-state index < -0.39 is 0 Å². The number of hydrogen-bond acceptors (Lipinski definition) is 1. The molecule has 0 amide bonds. The molecule has 1 rings (SSSR count). The first kappa shape index (κ1) is 13.2. The maximum Gasteiger partial charge on any atom is -0.00771 e. The zero-order chi connectivity index (χ0) is 11.8. The monoisotopic (exact) mass is 219 g/mol. The minimum absolute atomic E-state index is 0.642. The largest absolute Gasteiger partial charge is 0.330 e. The second-order valence-electron chi connectivity index (χ2n) is 4.68. The van der Waals surface area contributed by atoms with Gasteiger partial charge in [-0.2, -0.15) is 0 Å². The molecule has 2 N–H and O–H groups in total. The lowest BCUT2D eigenvalue weighted by molar-refractivity contribution is 0.640. The smallest absolute Gasteiger partial charge is 0.00771 e. The van der Waals surface area contributed by atoms with Crippen LogP contribution in [-0.4, -0.2) is 6.54 Å². The van der Waals surface area contributed by atoms with Crippen molar-refractivity contribution in [2.24, 2.45) is 5.73 Å². The zero-order valence-corrected chi connectivity index (χ0v) is 10.7. The third-order valence-corrected chi connectivity index (χ3v) is 3.21. The van der Waals surface area contributed by atoms with Crippen molar-refractivity contribution in [3.63, 3.8) is 0 Å². The number of nitrogens with two attached hydrogens (primary N) is 1. The molecule has 1 aromatic rings. The van der Waals surface area contributed by atoms with Crippen molar-refractivity contribution in [3.8, 4) is 0 Å². The molecule has 0 saturated heterocycles. The fourth-order valence-electron chi connectivity index (χ4n) is 1.98. The Bertz CT molecular complexity index is 276. The molecule has 1 nitrogen and oxygen atoms in total. The first-order valence-corrected chi connectivity index (χ1v) is 6.56. The van der Waals surface area contributed by atoms with E-state index in [1.54, 1.807) is 0 Å². The molecule has 0 aliphatic carbocycles. The highest BCUT2D eigenvalue weighted by molar-refractivity contribution is 5.25. The molecule has 0 spiro atoms. The molecule has 0 bridgehead atoms. The Labute approximate surface area is 100 Å². The second kappa shape index (κ2) is 7.45. The summed E-state index contributed by atoms with van der Waals surface area (Å²) in [4.78, 5) is 0. The molecule has 0 saturated carbocycles. The quantitative estimate of drug-likeness (QED) is 0.740. The molecule has 0 heterocycles. The maximum atomic E-state index is 5.53. The molecule has 1 heteroatoms. The van der Waals surface area contributed by atoms with E-state index in [2.05, 4.69) is 38.1 Å². The molecular weight excluding hydrogens is 194 g/mol. The van der Waals surface area contributed by atoms with Gasteiger partial charge in [0.05, 0.1) is 0 Å². The van der Waals surface area contributed by atoms with Gasteiger partial charge in [-0.3, -0.25) is 0 Å². The predicted octanol–water partition coefficient (Wildman–Crippen LogP) is 3.87. The van der Waals surface area contributed by atoms with Crippen LogP contribution in [0.15, 0.2) is 24.3 Å². The van der Waals surface area contributed by atoms with Crippen LogP contribution in [0.1, 0.15) is 56.6 Å². The average Bonchev–Trinajstić information content (AvgIpc) is 2.34. The molecule has 1 aromatic carbocycles. The highest BCUT2D eigenvalue weighted by Gasteiger charge is 2.04. The van der Waals surface area contributed by atoms with Crippen LogP contribution in [0.4, 0.5) is 0 Å². The van der Waals surface area contributed by atoms with Crippen LogP contribution in [0.3, 0.4) is 0 Å². The Morgan fingerprint density at radius 2 is 1.81 bits per heavy atom. The van der Waals surface area contributed by atoms with Crippen LogP contribution in [0.5, 0.6) is 0 Å². The van der Waals surface area contributed by atoms with Crippen LogP contribution in [-0.2, 0) is 6.42 Å². The number of aryl methyl sites for hydroxylation is 1. The Morgan fingerprint density at radius 3 is 2.38 bits per heavy atom. The van der Waals surface area contributed by atoms with Crippen molar-refractivity contribution in [1.82, 2.24) is 0 Å². The molecular formula is C15H25N. The summed E-state index contributed by atoms with van der Waals surface area (Å²) < 4.78 is 0. The van der Waals surface area contributed by atoms with Crippen molar-refractivity contribution in [2.75, 3.05) is 6.54 Å². The summed E-state index contributed by atoms with van der Waals surface area (Å²) in [6, 6.07) is 9.13. The third kappa shape index (κ3) is 4.36. The first-order chi connectivity index (χ1) is 7.77. The third-order valence-electron chi connectivity index (χ3n) is 3.21. The van der Waals surface area contributed by atoms with E-state index in [-0.39, 0.29) is 0 Å². The van der Waals surface area contributed by atoms with Crippen LogP contribution in [0.25, 0.3) is 0 Å². The minimum atomic E-state index is 0.642. The van der Waals surface area contributed by atoms with Crippen LogP contribution in [0, 0.1) is 0 Å². The Kier molecular flexibility index (Phi) is 6.17. The van der Waals surface area contributed by atoms with Crippen LogP contribution >= 0.6 is 0 Å². The van der Waals surface area contributed by atoms with E-state index in [1.807, 2.05) is 0 Å². The molecule has 1 unspecified atom stereocenters. The fourth-order valence-corrected chi connectivity index (χ4v) is 1.98. The standard InChI is InChI=1S/C15H25N/c1-3-4-7-14-8-10-15(11-9-14)13(2)6-5-12-16/h8-11,13H,3-7,12,16H2,1-2H3. The summed E-state index contributed by atoms with van der Waals surface area (Å²) in [5.74, 6) is 0.642. The summed E-state index contributed by atoms with van der Waals surface area (Å²) in [5.41, 5.74) is 8.46. The van der Waals surface area contributed by atoms with E-state index in [1.165, 1.54) is 36.8 Å². The van der Waals surface area contributed by atoms with Gasteiger partial charge in [-0.15, -0.1) is 0 Å². The molecule has 0 aromatic heterocycles. The van der Waals surface area contributed by atoms with Crippen molar-refractivity contribution in [3.05, 3.63) is 35.4 Å². The van der Waals surface area contributed by atoms with Gasteiger partial charge in [0.1, 0.15) is 0 Å². The van der Waals surface area contributed by atoms with E-state index in [0.717, 1.165) is 13.0 Å². The molecule has 0 fully saturated rings. The van der Waals surface area contributed by atoms with Gasteiger partial charge in [-0.1, -0.05) is 44.5 Å². The van der Waals surface area contributed by atoms with Gasteiger partial charge in [0.25, 0.3) is 0 Å². The predicted molar refractivity (Wildman–Crippen MR) is 71.8 cm³/mol. The number of rotatable bonds is 7. The summed E-state index contributed by atoms with van der Waals surface area (Å²) in [5, 5.41) is 0. The fraction of sp³-hybridized carbons (Fsp3) is 0.600. The normalized spacial score (nSPS) is 12.7. The topological polar surface area (TPSA) is 26.0 Å². The van der Waals surface area contributed by atoms with Gasteiger partial charge in [-0.05, 0) is 49.3 Å². The van der Waals surface area contributed by atoms with E-state index in [9.17, 15) is 0 Å².